The van der Waals surface area contributed by atoms with E-state index in [2.05, 4.69) is 47.9 Å². The Morgan fingerprint density at radius 3 is 3.17 bits per heavy atom. The van der Waals surface area contributed by atoms with Gasteiger partial charge >= 0.3 is 0 Å². The van der Waals surface area contributed by atoms with Gasteiger partial charge in [-0.15, -0.1) is 16.4 Å². The Labute approximate surface area is 118 Å². The maximum absolute atomic E-state index is 4.56. The molecule has 18 heavy (non-hydrogen) atoms. The Kier molecular flexibility index (Phi) is 2.14. The van der Waals surface area contributed by atoms with Gasteiger partial charge in [-0.05, 0) is 34.0 Å². The van der Waals surface area contributed by atoms with E-state index in [1.807, 2.05) is 11.4 Å². The number of nitrogens with zero attached hydrogens (tertiary/aromatic N) is 5. The Balaban J connectivity index is 2.07. The van der Waals surface area contributed by atoms with E-state index < -0.39 is 0 Å². The van der Waals surface area contributed by atoms with Gasteiger partial charge in [-0.2, -0.15) is 5.10 Å². The molecular formula is C10H5IN6S. The number of rotatable bonds is 1. The summed E-state index contributed by atoms with van der Waals surface area (Å²) in [6.07, 6.45) is 3.44. The number of nitrogens with one attached hydrogen (secondary N) is 1. The van der Waals surface area contributed by atoms with Gasteiger partial charge in [0.1, 0.15) is 16.9 Å². The molecule has 0 saturated heterocycles. The van der Waals surface area contributed by atoms with Crippen LogP contribution in [0.3, 0.4) is 0 Å². The third-order valence-corrected chi connectivity index (χ3v) is 4.26. The molecule has 0 aliphatic heterocycles. The van der Waals surface area contributed by atoms with Crippen molar-refractivity contribution in [1.82, 2.24) is 29.8 Å². The lowest BCUT2D eigenvalue weighted by Gasteiger charge is -1.90. The number of aromatic nitrogens is 6. The molecule has 0 bridgehead atoms. The van der Waals surface area contributed by atoms with E-state index in [9.17, 15) is 0 Å². The van der Waals surface area contributed by atoms with Crippen molar-refractivity contribution >= 4 is 49.8 Å². The summed E-state index contributed by atoms with van der Waals surface area (Å²) in [5.74, 6) is 0.636. The van der Waals surface area contributed by atoms with Crippen molar-refractivity contribution in [3.05, 3.63) is 27.5 Å². The molecular weight excluding hydrogens is 363 g/mol. The van der Waals surface area contributed by atoms with Gasteiger partial charge in [0.25, 0.3) is 0 Å². The van der Waals surface area contributed by atoms with Crippen LogP contribution in [0.1, 0.15) is 0 Å². The quantitative estimate of drug-likeness (QED) is 0.524. The number of hydrogen-bond acceptors (Lipinski definition) is 5. The number of H-pyrrole nitrogens is 1. The smallest absolute Gasteiger partial charge is 0.201 e. The highest BCUT2D eigenvalue weighted by Crippen LogP contribution is 2.24. The first kappa shape index (κ1) is 10.4. The van der Waals surface area contributed by atoms with E-state index in [0.717, 1.165) is 25.1 Å². The molecule has 0 fully saturated rings. The van der Waals surface area contributed by atoms with Gasteiger partial charge in [-0.1, -0.05) is 0 Å². The summed E-state index contributed by atoms with van der Waals surface area (Å²) in [5.41, 5.74) is 1.66. The number of thiophene rings is 1. The zero-order valence-electron chi connectivity index (χ0n) is 8.83. The van der Waals surface area contributed by atoms with Crippen LogP contribution in [0.15, 0.2) is 24.0 Å². The second kappa shape index (κ2) is 3.72. The van der Waals surface area contributed by atoms with Gasteiger partial charge in [0.2, 0.25) is 5.82 Å². The molecule has 0 radical (unpaired) electrons. The average molecular weight is 368 g/mol. The minimum atomic E-state index is 0.636. The summed E-state index contributed by atoms with van der Waals surface area (Å²) < 4.78 is 2.69. The van der Waals surface area contributed by atoms with Crippen LogP contribution in [-0.2, 0) is 0 Å². The molecule has 0 aliphatic rings. The topological polar surface area (TPSA) is 71.8 Å². The van der Waals surface area contributed by atoms with Crippen LogP contribution in [0.5, 0.6) is 0 Å². The third kappa shape index (κ3) is 1.38. The van der Waals surface area contributed by atoms with Crippen LogP contribution in [-0.4, -0.2) is 29.8 Å². The summed E-state index contributed by atoms with van der Waals surface area (Å²) >= 11 is 3.80. The van der Waals surface area contributed by atoms with E-state index in [4.69, 9.17) is 0 Å². The Hall–Kier alpha value is -1.55. The molecule has 4 aromatic heterocycles. The first-order valence-electron chi connectivity index (χ1n) is 5.11. The SMILES string of the molecule is Ic1cn[nH]c1-c1nc2c3ccsc3ncn2n1. The van der Waals surface area contributed by atoms with E-state index in [0.29, 0.717) is 5.82 Å². The summed E-state index contributed by atoms with van der Waals surface area (Å²) in [6, 6.07) is 2.01. The Bertz CT molecular complexity index is 860. The molecule has 0 atom stereocenters. The fourth-order valence-electron chi connectivity index (χ4n) is 1.80. The van der Waals surface area contributed by atoms with Gasteiger partial charge in [-0.3, -0.25) is 5.10 Å². The monoisotopic (exact) mass is 368 g/mol. The molecule has 88 valence electrons. The van der Waals surface area contributed by atoms with Gasteiger partial charge in [-0.25, -0.2) is 14.5 Å². The third-order valence-electron chi connectivity index (χ3n) is 2.62. The minimum absolute atomic E-state index is 0.636. The summed E-state index contributed by atoms with van der Waals surface area (Å²) in [5, 5.41) is 14.3. The molecule has 6 nitrogen and oxygen atoms in total. The number of fused-ring (bicyclic) bond motifs is 3. The fourth-order valence-corrected chi connectivity index (χ4v) is 3.03. The van der Waals surface area contributed by atoms with E-state index >= 15 is 0 Å². The first-order chi connectivity index (χ1) is 8.83. The highest BCUT2D eigenvalue weighted by Gasteiger charge is 2.13. The van der Waals surface area contributed by atoms with Crippen LogP contribution in [0.4, 0.5) is 0 Å². The van der Waals surface area contributed by atoms with E-state index in [1.165, 1.54) is 0 Å². The van der Waals surface area contributed by atoms with Crippen molar-refractivity contribution in [3.8, 4) is 11.5 Å². The molecule has 0 amide bonds. The maximum Gasteiger partial charge on any atom is 0.201 e. The summed E-state index contributed by atoms with van der Waals surface area (Å²) in [4.78, 5) is 9.87. The molecule has 0 aliphatic carbocycles. The lowest BCUT2D eigenvalue weighted by molar-refractivity contribution is 0.934. The molecule has 1 N–H and O–H groups in total. The summed E-state index contributed by atoms with van der Waals surface area (Å²) in [7, 11) is 0. The van der Waals surface area contributed by atoms with Crippen molar-refractivity contribution in [2.45, 2.75) is 0 Å². The second-order valence-electron chi connectivity index (χ2n) is 3.68. The largest absolute Gasteiger partial charge is 0.273 e. The van der Waals surface area contributed by atoms with Gasteiger partial charge < -0.3 is 0 Å². The molecule has 4 rings (SSSR count). The Morgan fingerprint density at radius 2 is 2.33 bits per heavy atom. The predicted molar refractivity (Wildman–Crippen MR) is 76.5 cm³/mol. The van der Waals surface area contributed by atoms with E-state index in [1.54, 1.807) is 28.4 Å². The molecule has 4 aromatic rings. The van der Waals surface area contributed by atoms with Crippen LogP contribution >= 0.6 is 33.9 Å². The number of hydrogen-bond donors (Lipinski definition) is 1. The van der Waals surface area contributed by atoms with Gasteiger partial charge in [0.05, 0.1) is 15.2 Å². The van der Waals surface area contributed by atoms with Crippen LogP contribution < -0.4 is 0 Å². The Morgan fingerprint density at radius 1 is 1.39 bits per heavy atom. The highest BCUT2D eigenvalue weighted by molar-refractivity contribution is 14.1. The lowest BCUT2D eigenvalue weighted by atomic mass is 10.4. The normalized spacial score (nSPS) is 11.6. The van der Waals surface area contributed by atoms with Crippen molar-refractivity contribution in [3.63, 3.8) is 0 Å². The van der Waals surface area contributed by atoms with Crippen LogP contribution in [0, 0.1) is 3.57 Å². The zero-order chi connectivity index (χ0) is 12.1. The van der Waals surface area contributed by atoms with Crippen LogP contribution in [0.25, 0.3) is 27.4 Å². The van der Waals surface area contributed by atoms with Crippen LogP contribution in [0.2, 0.25) is 0 Å². The predicted octanol–water partition coefficient (Wildman–Crippen LogP) is 2.33. The fraction of sp³-hybridized carbons (Fsp3) is 0. The second-order valence-corrected chi connectivity index (χ2v) is 5.74. The average Bonchev–Trinajstić information content (AvgIpc) is 3.04. The molecule has 0 saturated carbocycles. The molecule has 4 heterocycles. The zero-order valence-corrected chi connectivity index (χ0v) is 11.8. The maximum atomic E-state index is 4.56. The van der Waals surface area contributed by atoms with E-state index in [-0.39, 0.29) is 0 Å². The van der Waals surface area contributed by atoms with Crippen molar-refractivity contribution in [2.24, 2.45) is 0 Å². The number of aromatic amines is 1. The van der Waals surface area contributed by atoms with Crippen molar-refractivity contribution in [2.75, 3.05) is 0 Å². The van der Waals surface area contributed by atoms with Gasteiger partial charge in [0, 0.05) is 0 Å². The minimum Gasteiger partial charge on any atom is -0.273 e. The highest BCUT2D eigenvalue weighted by atomic mass is 127. The molecule has 8 heteroatoms. The lowest BCUT2D eigenvalue weighted by Crippen LogP contribution is -1.89. The summed E-state index contributed by atoms with van der Waals surface area (Å²) in [6.45, 7) is 0. The standard InChI is InChI=1S/C10H5IN6S/c11-6-3-13-15-7(6)8-14-9-5-1-2-18-10(5)12-4-17(9)16-8/h1-4H,(H,13,15). The van der Waals surface area contributed by atoms with Crippen molar-refractivity contribution in [1.29, 1.82) is 0 Å². The molecule has 0 unspecified atom stereocenters. The molecule has 0 aromatic carbocycles. The first-order valence-corrected chi connectivity index (χ1v) is 7.06. The van der Waals surface area contributed by atoms with Gasteiger partial charge in [0.15, 0.2) is 5.65 Å². The number of halogens is 1. The molecule has 0 spiro atoms. The van der Waals surface area contributed by atoms with Crippen molar-refractivity contribution < 1.29 is 0 Å².